The normalized spacial score (nSPS) is 22.3. The third kappa shape index (κ3) is 2.61. The van der Waals surface area contributed by atoms with Crippen molar-refractivity contribution in [2.24, 2.45) is 5.73 Å². The minimum atomic E-state index is -1.02. The number of nitrogens with two attached hydrogens (primary N) is 1. The van der Waals surface area contributed by atoms with E-state index in [0.717, 1.165) is 0 Å². The van der Waals surface area contributed by atoms with E-state index in [1.807, 2.05) is 0 Å². The number of ether oxygens (including phenoxy) is 2. The van der Waals surface area contributed by atoms with Crippen molar-refractivity contribution in [1.29, 1.82) is 0 Å². The molecule has 0 amide bonds. The Morgan fingerprint density at radius 3 is 2.20 bits per heavy atom. The third-order valence-electron chi connectivity index (χ3n) is 3.49. The second-order valence-electron chi connectivity index (χ2n) is 4.58. The van der Waals surface area contributed by atoms with E-state index in [1.54, 1.807) is 19.1 Å². The van der Waals surface area contributed by atoms with Gasteiger partial charge >= 0.3 is 0 Å². The molecule has 0 spiro atoms. The number of nitrogens with zero attached hydrogens (tertiary/aromatic N) is 1. The summed E-state index contributed by atoms with van der Waals surface area (Å²) in [5.74, 6) is -1.98. The summed E-state index contributed by atoms with van der Waals surface area (Å²) in [5.41, 5.74) is 5.41. The minimum Gasteiger partial charge on any atom is -0.389 e. The average Bonchev–Trinajstić information content (AvgIpc) is 2.84. The molecule has 0 bridgehead atoms. The van der Waals surface area contributed by atoms with E-state index in [9.17, 15) is 8.78 Å². The van der Waals surface area contributed by atoms with Crippen molar-refractivity contribution in [2.45, 2.75) is 12.2 Å². The number of hydrogen-bond donors (Lipinski definition) is 1. The number of thiocarbonyl (C=S) groups is 1. The maximum atomic E-state index is 14.1. The molecule has 4 nitrogen and oxygen atoms in total. The molecule has 1 fully saturated rings. The first-order valence-corrected chi connectivity index (χ1v) is 6.48. The molecule has 1 aromatic rings. The Kier molecular flexibility index (Phi) is 4.52. The Balaban J connectivity index is 2.31. The second kappa shape index (κ2) is 5.99. The highest BCUT2D eigenvalue weighted by atomic mass is 32.1. The van der Waals surface area contributed by atoms with Crippen molar-refractivity contribution in [2.75, 3.05) is 32.2 Å². The lowest BCUT2D eigenvalue weighted by molar-refractivity contribution is -0.00461. The molecule has 1 aromatic carbocycles. The van der Waals surface area contributed by atoms with Crippen molar-refractivity contribution < 1.29 is 18.3 Å². The van der Waals surface area contributed by atoms with Gasteiger partial charge in [-0.05, 0) is 12.1 Å². The molecule has 0 radical (unpaired) electrons. The van der Waals surface area contributed by atoms with Crippen molar-refractivity contribution in [1.82, 2.24) is 0 Å². The Bertz CT molecular complexity index is 515. The summed E-state index contributed by atoms with van der Waals surface area (Å²) in [5, 5.41) is 0. The zero-order chi connectivity index (χ0) is 14.9. The number of benzene rings is 1. The topological polar surface area (TPSA) is 47.7 Å². The van der Waals surface area contributed by atoms with Crippen molar-refractivity contribution in [3.63, 3.8) is 0 Å². The van der Waals surface area contributed by atoms with E-state index in [2.05, 4.69) is 12.2 Å². The van der Waals surface area contributed by atoms with Crippen molar-refractivity contribution in [3.8, 4) is 0 Å². The molecule has 110 valence electrons. The van der Waals surface area contributed by atoms with Gasteiger partial charge in [0.25, 0.3) is 0 Å². The number of rotatable bonds is 4. The lowest BCUT2D eigenvalue weighted by Gasteiger charge is -2.19. The summed E-state index contributed by atoms with van der Waals surface area (Å²) in [6.45, 7) is 0.857. The van der Waals surface area contributed by atoms with Crippen LogP contribution >= 0.6 is 12.2 Å². The molecule has 1 saturated heterocycles. The summed E-state index contributed by atoms with van der Waals surface area (Å²) in [7, 11) is 3.13. The van der Waals surface area contributed by atoms with Crippen LogP contribution in [0.2, 0.25) is 0 Å². The average molecular weight is 302 g/mol. The largest absolute Gasteiger partial charge is 0.389 e. The van der Waals surface area contributed by atoms with Gasteiger partial charge in [-0.25, -0.2) is 8.78 Å². The predicted molar refractivity (Wildman–Crippen MR) is 76.1 cm³/mol. The molecule has 0 aromatic heterocycles. The van der Waals surface area contributed by atoms with Crippen LogP contribution in [0.3, 0.4) is 0 Å². The highest BCUT2D eigenvalue weighted by Gasteiger charge is 2.34. The maximum absolute atomic E-state index is 14.1. The van der Waals surface area contributed by atoms with E-state index in [4.69, 9.17) is 15.2 Å². The summed E-state index contributed by atoms with van der Waals surface area (Å²) in [4.78, 5) is 1.52. The van der Waals surface area contributed by atoms with Gasteiger partial charge in [0.1, 0.15) is 17.2 Å². The Hall–Kier alpha value is -1.31. The van der Waals surface area contributed by atoms with Crippen LogP contribution < -0.4 is 10.6 Å². The summed E-state index contributed by atoms with van der Waals surface area (Å²) < 4.78 is 38.6. The van der Waals surface area contributed by atoms with Crippen LogP contribution in [0.1, 0.15) is 5.56 Å². The molecule has 1 aliphatic rings. The van der Waals surface area contributed by atoms with E-state index >= 15 is 0 Å². The minimum absolute atomic E-state index is 0.0907. The van der Waals surface area contributed by atoms with Crippen LogP contribution in [0.4, 0.5) is 14.5 Å². The molecular formula is C13H16F2N2O2S. The molecule has 20 heavy (non-hydrogen) atoms. The van der Waals surface area contributed by atoms with Crippen LogP contribution in [-0.4, -0.2) is 44.5 Å². The van der Waals surface area contributed by atoms with Gasteiger partial charge in [-0.2, -0.15) is 0 Å². The molecule has 0 saturated carbocycles. The Morgan fingerprint density at radius 1 is 1.20 bits per heavy atom. The fourth-order valence-electron chi connectivity index (χ4n) is 2.37. The zero-order valence-corrected chi connectivity index (χ0v) is 12.0. The zero-order valence-electron chi connectivity index (χ0n) is 11.2. The van der Waals surface area contributed by atoms with Crippen LogP contribution in [0.5, 0.6) is 0 Å². The molecule has 1 heterocycles. The fourth-order valence-corrected chi connectivity index (χ4v) is 2.52. The van der Waals surface area contributed by atoms with Gasteiger partial charge in [0.2, 0.25) is 0 Å². The molecule has 2 N–H and O–H groups in total. The molecule has 2 rings (SSSR count). The number of anilines is 1. The molecule has 7 heteroatoms. The fraction of sp³-hybridized carbons (Fsp3) is 0.462. The first-order valence-electron chi connectivity index (χ1n) is 6.08. The lowest BCUT2D eigenvalue weighted by atomic mass is 10.1. The number of hydrogen-bond acceptors (Lipinski definition) is 4. The lowest BCUT2D eigenvalue weighted by Crippen LogP contribution is -2.27. The van der Waals surface area contributed by atoms with E-state index < -0.39 is 11.6 Å². The Labute approximate surface area is 121 Å². The van der Waals surface area contributed by atoms with Crippen LogP contribution in [0.15, 0.2) is 12.1 Å². The van der Waals surface area contributed by atoms with Gasteiger partial charge in [-0.15, -0.1) is 0 Å². The van der Waals surface area contributed by atoms with Crippen LogP contribution in [-0.2, 0) is 9.47 Å². The summed E-state index contributed by atoms with van der Waals surface area (Å²) in [6.07, 6.45) is -0.365. The molecule has 1 aliphatic heterocycles. The van der Waals surface area contributed by atoms with Gasteiger partial charge in [0.15, 0.2) is 11.6 Å². The van der Waals surface area contributed by atoms with Gasteiger partial charge in [-0.3, -0.25) is 0 Å². The first kappa shape index (κ1) is 15.1. The summed E-state index contributed by atoms with van der Waals surface area (Å²) in [6, 6.07) is 2.86. The molecule has 2 atom stereocenters. The SMILES string of the molecule is COC1CN(c2ccc(C(N)=S)c(F)c2F)CC1OC. The number of halogens is 2. The predicted octanol–water partition coefficient (Wildman–Crippen LogP) is 1.45. The smallest absolute Gasteiger partial charge is 0.182 e. The highest BCUT2D eigenvalue weighted by Crippen LogP contribution is 2.28. The maximum Gasteiger partial charge on any atom is 0.182 e. The van der Waals surface area contributed by atoms with Gasteiger partial charge in [0.05, 0.1) is 5.69 Å². The van der Waals surface area contributed by atoms with Crippen molar-refractivity contribution in [3.05, 3.63) is 29.3 Å². The first-order chi connectivity index (χ1) is 9.49. The van der Waals surface area contributed by atoms with Crippen LogP contribution in [0.25, 0.3) is 0 Å². The van der Waals surface area contributed by atoms with E-state index in [-0.39, 0.29) is 28.4 Å². The van der Waals surface area contributed by atoms with Gasteiger partial charge in [-0.1, -0.05) is 12.2 Å². The van der Waals surface area contributed by atoms with Gasteiger partial charge in [0, 0.05) is 32.9 Å². The van der Waals surface area contributed by atoms with E-state index in [1.165, 1.54) is 12.1 Å². The van der Waals surface area contributed by atoms with E-state index in [0.29, 0.717) is 13.1 Å². The molecular weight excluding hydrogens is 286 g/mol. The molecule has 2 unspecified atom stereocenters. The molecule has 0 aliphatic carbocycles. The standard InChI is InChI=1S/C13H16F2N2O2S/c1-18-9-5-17(6-10(9)19-2)8-4-3-7(13(16)20)11(14)12(8)15/h3-4,9-10H,5-6H2,1-2H3,(H2,16,20). The highest BCUT2D eigenvalue weighted by molar-refractivity contribution is 7.80. The second-order valence-corrected chi connectivity index (χ2v) is 5.02. The van der Waals surface area contributed by atoms with Crippen molar-refractivity contribution >= 4 is 22.9 Å². The number of methoxy groups -OCH3 is 2. The summed E-state index contributed by atoms with van der Waals surface area (Å²) >= 11 is 4.68. The Morgan fingerprint density at radius 2 is 1.75 bits per heavy atom. The monoisotopic (exact) mass is 302 g/mol. The van der Waals surface area contributed by atoms with Crippen LogP contribution in [0, 0.1) is 11.6 Å². The quantitative estimate of drug-likeness (QED) is 0.853. The van der Waals surface area contributed by atoms with Gasteiger partial charge < -0.3 is 20.1 Å². The third-order valence-corrected chi connectivity index (χ3v) is 3.71.